The zero-order chi connectivity index (χ0) is 33.1. The van der Waals surface area contributed by atoms with E-state index in [1.807, 2.05) is 47.4 Å². The number of amides is 3. The van der Waals surface area contributed by atoms with Gasteiger partial charge in [-0.05, 0) is 120 Å². The van der Waals surface area contributed by atoms with E-state index >= 15 is 0 Å². The fourth-order valence-corrected chi connectivity index (χ4v) is 8.65. The summed E-state index contributed by atoms with van der Waals surface area (Å²) in [7, 11) is 2.19. The van der Waals surface area contributed by atoms with Crippen LogP contribution in [-0.2, 0) is 11.2 Å². The number of likely N-dealkylation sites (tertiary alicyclic amines) is 3. The fraction of sp³-hybridized carbons (Fsp3) is 0.529. The Hall–Kier alpha value is -3.16. The first kappa shape index (κ1) is 33.7. The maximum absolute atomic E-state index is 14.1. The number of nitrogens with one attached hydrogen (secondary N) is 2. The lowest BCUT2D eigenvalue weighted by Crippen LogP contribution is -2.55. The average Bonchev–Trinajstić information content (AvgIpc) is 3.48. The number of halogens is 2. The molecule has 2 aromatic carbocycles. The molecule has 0 aliphatic carbocycles. The average molecular weight is 773 g/mol. The molecule has 0 bridgehead atoms. The maximum Gasteiger partial charge on any atom is 0.343 e. The SMILES string of the molecule is CN1CCC(C2CCN(C(=O)[C@H](Cc3cc(Br)c(N)c(Br)c3)NC(=O)N3CCC(n4nc(-c5ccccc5)[nH]c4=O)CC3)CC2)CC1. The Morgan fingerprint density at radius 3 is 2.11 bits per heavy atom. The van der Waals surface area contributed by atoms with Gasteiger partial charge in [-0.1, -0.05) is 30.3 Å². The summed E-state index contributed by atoms with van der Waals surface area (Å²) in [6.45, 7) is 4.64. The largest absolute Gasteiger partial charge is 0.397 e. The molecule has 0 spiro atoms. The van der Waals surface area contributed by atoms with E-state index in [1.165, 1.54) is 17.5 Å². The second-order valence-corrected chi connectivity index (χ2v) is 15.0. The zero-order valence-corrected chi connectivity index (χ0v) is 30.0. The molecule has 13 heteroatoms. The van der Waals surface area contributed by atoms with Crippen molar-refractivity contribution in [1.82, 2.24) is 34.8 Å². The van der Waals surface area contributed by atoms with E-state index in [1.54, 1.807) is 4.90 Å². The van der Waals surface area contributed by atoms with Crippen LogP contribution in [0.3, 0.4) is 0 Å². The van der Waals surface area contributed by atoms with Gasteiger partial charge in [0.05, 0.1) is 11.7 Å². The number of benzene rings is 2. The standard InChI is InChI=1S/C34H44Br2N8O3/c1-41-13-7-23(8-14-41)24-9-15-42(16-10-24)32(45)29(21-22-19-27(35)30(37)28(36)20-22)38-33(46)43-17-11-26(12-18-43)44-34(47)39-31(40-44)25-5-3-2-4-6-25/h2-6,19-20,23-24,26,29H,7-18,21,37H2,1H3,(H,38,46)(H,39,40,47)/t29-/m0/s1. The second kappa shape index (κ2) is 14.9. The number of aromatic nitrogens is 3. The van der Waals surface area contributed by atoms with Crippen LogP contribution in [0.25, 0.3) is 11.4 Å². The first-order valence-corrected chi connectivity index (χ1v) is 18.2. The van der Waals surface area contributed by atoms with E-state index in [4.69, 9.17) is 5.73 Å². The highest BCUT2D eigenvalue weighted by molar-refractivity contribution is 9.11. The number of nitrogens with zero attached hydrogens (tertiary/aromatic N) is 5. The van der Waals surface area contributed by atoms with Gasteiger partial charge in [-0.2, -0.15) is 0 Å². The molecular weight excluding hydrogens is 728 g/mol. The maximum atomic E-state index is 14.1. The number of rotatable bonds is 7. The van der Waals surface area contributed by atoms with Crippen LogP contribution in [0.1, 0.15) is 50.1 Å². The molecular formula is C34H44Br2N8O3. The minimum atomic E-state index is -0.718. The Morgan fingerprint density at radius 1 is 0.915 bits per heavy atom. The molecule has 0 saturated carbocycles. The van der Waals surface area contributed by atoms with Gasteiger partial charge >= 0.3 is 11.7 Å². The lowest BCUT2D eigenvalue weighted by atomic mass is 9.79. The van der Waals surface area contributed by atoms with Crippen LogP contribution >= 0.6 is 31.9 Å². The fourth-order valence-electron chi connectivity index (χ4n) is 7.37. The molecule has 1 aromatic heterocycles. The number of carbonyl (C=O) groups is 2. The van der Waals surface area contributed by atoms with Crippen LogP contribution in [0.2, 0.25) is 0 Å². The second-order valence-electron chi connectivity index (χ2n) is 13.3. The molecule has 0 unspecified atom stereocenters. The van der Waals surface area contributed by atoms with Crippen LogP contribution < -0.4 is 16.7 Å². The number of hydrogen-bond donors (Lipinski definition) is 3. The van der Waals surface area contributed by atoms with Crippen molar-refractivity contribution in [3.8, 4) is 11.4 Å². The topological polar surface area (TPSA) is 133 Å². The Morgan fingerprint density at radius 2 is 1.49 bits per heavy atom. The Bertz CT molecular complexity index is 1580. The molecule has 3 aliphatic heterocycles. The summed E-state index contributed by atoms with van der Waals surface area (Å²) in [6.07, 6.45) is 6.00. The summed E-state index contributed by atoms with van der Waals surface area (Å²) < 4.78 is 2.99. The number of urea groups is 1. The summed E-state index contributed by atoms with van der Waals surface area (Å²) in [4.78, 5) is 49.4. The molecule has 3 aliphatic rings. The van der Waals surface area contributed by atoms with Crippen molar-refractivity contribution >= 4 is 49.5 Å². The Balaban J connectivity index is 1.10. The molecule has 0 radical (unpaired) electrons. The lowest BCUT2D eigenvalue weighted by Gasteiger charge is -2.40. The summed E-state index contributed by atoms with van der Waals surface area (Å²) in [6, 6.07) is 12.3. The number of carbonyl (C=O) groups excluding carboxylic acids is 2. The van der Waals surface area contributed by atoms with Gasteiger partial charge in [0.15, 0.2) is 5.82 Å². The van der Waals surface area contributed by atoms with E-state index < -0.39 is 6.04 Å². The number of hydrogen-bond acceptors (Lipinski definition) is 6. The molecule has 3 fully saturated rings. The first-order chi connectivity index (χ1) is 22.7. The minimum absolute atomic E-state index is 0.0457. The molecule has 1 atom stereocenters. The summed E-state index contributed by atoms with van der Waals surface area (Å²) in [5.74, 6) is 1.87. The molecule has 252 valence electrons. The van der Waals surface area contributed by atoms with Crippen molar-refractivity contribution in [2.24, 2.45) is 11.8 Å². The number of nitrogen functional groups attached to an aromatic ring is 1. The van der Waals surface area contributed by atoms with E-state index in [2.05, 4.69) is 59.2 Å². The number of nitrogens with two attached hydrogens (primary N) is 1. The molecule has 11 nitrogen and oxygen atoms in total. The van der Waals surface area contributed by atoms with Gasteiger partial charge in [-0.3, -0.25) is 9.78 Å². The highest BCUT2D eigenvalue weighted by atomic mass is 79.9. The van der Waals surface area contributed by atoms with Crippen LogP contribution in [0.4, 0.5) is 10.5 Å². The lowest BCUT2D eigenvalue weighted by molar-refractivity contribution is -0.135. The quantitative estimate of drug-likeness (QED) is 0.294. The van der Waals surface area contributed by atoms with Crippen molar-refractivity contribution in [3.05, 3.63) is 67.5 Å². The third kappa shape index (κ3) is 7.94. The minimum Gasteiger partial charge on any atom is -0.397 e. The van der Waals surface area contributed by atoms with Gasteiger partial charge in [-0.15, -0.1) is 5.10 Å². The number of aromatic amines is 1. The van der Waals surface area contributed by atoms with Crippen molar-refractivity contribution in [2.45, 2.75) is 57.0 Å². The van der Waals surface area contributed by atoms with Gasteiger partial charge in [0.25, 0.3) is 0 Å². The smallest absolute Gasteiger partial charge is 0.343 e. The van der Waals surface area contributed by atoms with Crippen LogP contribution in [0.5, 0.6) is 0 Å². The van der Waals surface area contributed by atoms with Crippen molar-refractivity contribution in [2.75, 3.05) is 52.0 Å². The highest BCUT2D eigenvalue weighted by Gasteiger charge is 2.35. The van der Waals surface area contributed by atoms with Crippen molar-refractivity contribution < 1.29 is 9.59 Å². The summed E-state index contributed by atoms with van der Waals surface area (Å²) in [5.41, 5.74) is 8.22. The predicted molar refractivity (Wildman–Crippen MR) is 190 cm³/mol. The Kier molecular flexibility index (Phi) is 10.7. The molecule has 3 aromatic rings. The van der Waals surface area contributed by atoms with Crippen molar-refractivity contribution in [3.63, 3.8) is 0 Å². The third-order valence-corrected chi connectivity index (χ3v) is 11.6. The van der Waals surface area contributed by atoms with E-state index in [9.17, 15) is 14.4 Å². The van der Waals surface area contributed by atoms with Crippen LogP contribution in [-0.4, -0.2) is 93.8 Å². The van der Waals surface area contributed by atoms with Gasteiger partial charge in [0, 0.05) is 47.1 Å². The van der Waals surface area contributed by atoms with Crippen molar-refractivity contribution in [1.29, 1.82) is 0 Å². The van der Waals surface area contributed by atoms with Gasteiger partial charge in [-0.25, -0.2) is 14.3 Å². The molecule has 4 N–H and O–H groups in total. The molecule has 3 saturated heterocycles. The van der Waals surface area contributed by atoms with Crippen LogP contribution in [0.15, 0.2) is 56.2 Å². The zero-order valence-electron chi connectivity index (χ0n) is 26.8. The van der Waals surface area contributed by atoms with E-state index in [0.717, 1.165) is 51.9 Å². The van der Waals surface area contributed by atoms with Gasteiger partial charge < -0.3 is 25.8 Å². The first-order valence-electron chi connectivity index (χ1n) is 16.7. The monoisotopic (exact) mass is 770 g/mol. The predicted octanol–water partition coefficient (Wildman–Crippen LogP) is 4.88. The summed E-state index contributed by atoms with van der Waals surface area (Å²) in [5, 5.41) is 7.66. The third-order valence-electron chi connectivity index (χ3n) is 10.2. The molecule has 4 heterocycles. The molecule has 6 rings (SSSR count). The molecule has 47 heavy (non-hydrogen) atoms. The number of piperidine rings is 3. The Labute approximate surface area is 292 Å². The normalized spacial score (nSPS) is 19.6. The van der Waals surface area contributed by atoms with E-state index in [0.29, 0.717) is 62.9 Å². The van der Waals surface area contributed by atoms with Gasteiger partial charge in [0.1, 0.15) is 6.04 Å². The number of anilines is 1. The van der Waals surface area contributed by atoms with Gasteiger partial charge in [0.2, 0.25) is 5.91 Å². The highest BCUT2D eigenvalue weighted by Crippen LogP contribution is 2.33. The van der Waals surface area contributed by atoms with Crippen LogP contribution in [0, 0.1) is 11.8 Å². The molecule has 3 amide bonds. The summed E-state index contributed by atoms with van der Waals surface area (Å²) >= 11 is 7.05. The number of H-pyrrole nitrogens is 1. The van der Waals surface area contributed by atoms with E-state index in [-0.39, 0.29) is 23.7 Å².